The number of aryl methyl sites for hydroxylation is 1. The maximum absolute atomic E-state index is 12.3. The van der Waals surface area contributed by atoms with E-state index >= 15 is 0 Å². The number of nitrogens with one attached hydrogen (secondary N) is 1. The molecule has 0 saturated carbocycles. The predicted molar refractivity (Wildman–Crippen MR) is 72.2 cm³/mol. The molecular weight excluding hydrogens is 255 g/mol. The normalized spacial score (nSPS) is 10.4. The molecule has 6 nitrogen and oxygen atoms in total. The van der Waals surface area contributed by atoms with Gasteiger partial charge in [-0.05, 0) is 34.5 Å². The molecule has 19 heavy (non-hydrogen) atoms. The average Bonchev–Trinajstić information content (AvgIpc) is 2.93. The third-order valence-electron chi connectivity index (χ3n) is 2.85. The number of hydrogen-bond donors (Lipinski definition) is 1. The van der Waals surface area contributed by atoms with Gasteiger partial charge in [0.1, 0.15) is 17.4 Å². The molecule has 0 atom stereocenters. The minimum atomic E-state index is -0.134. The minimum absolute atomic E-state index is 0. The molecule has 0 bridgehead atoms. The summed E-state index contributed by atoms with van der Waals surface area (Å²) in [6.07, 6.45) is 2.24. The number of hydrogen-bond acceptors (Lipinski definition) is 5. The van der Waals surface area contributed by atoms with Crippen molar-refractivity contribution in [3.05, 3.63) is 40.2 Å². The Kier molecular flexibility index (Phi) is 4.14. The predicted octanol–water partition coefficient (Wildman–Crippen LogP) is 0.887. The van der Waals surface area contributed by atoms with Crippen molar-refractivity contribution in [3.63, 3.8) is 0 Å². The van der Waals surface area contributed by atoms with Gasteiger partial charge in [-0.15, -0.1) is 5.10 Å². The maximum atomic E-state index is 12.3. The number of H-pyrrole nitrogens is 1. The Bertz CT molecular complexity index is 752. The molecule has 2 aromatic heterocycles. The van der Waals surface area contributed by atoms with Crippen molar-refractivity contribution in [1.82, 2.24) is 20.6 Å². The van der Waals surface area contributed by atoms with Crippen LogP contribution in [0.15, 0.2) is 33.7 Å². The van der Waals surface area contributed by atoms with Gasteiger partial charge in [0.05, 0.1) is 5.39 Å². The molecule has 2 heterocycles. The summed E-state index contributed by atoms with van der Waals surface area (Å²) in [5, 5.41) is 13.7. The van der Waals surface area contributed by atoms with Crippen LogP contribution < -0.4 is 5.43 Å². The van der Waals surface area contributed by atoms with Gasteiger partial charge in [-0.25, -0.2) is 5.10 Å². The zero-order valence-corrected chi connectivity index (χ0v) is 9.67. The van der Waals surface area contributed by atoms with Gasteiger partial charge in [-0.1, -0.05) is 13.0 Å². The van der Waals surface area contributed by atoms with Gasteiger partial charge in [-0.2, -0.15) is 0 Å². The van der Waals surface area contributed by atoms with Gasteiger partial charge in [0, 0.05) is 0 Å². The zero-order chi connectivity index (χ0) is 12.5. The first kappa shape index (κ1) is 13.9. The molecule has 0 saturated heterocycles. The van der Waals surface area contributed by atoms with Crippen molar-refractivity contribution in [3.8, 4) is 11.4 Å². The number of tetrazole rings is 1. The standard InChI is InChI=1S/C12H10N4O2.Na.H/c1-2-7-3-4-10-8(5-7)11(17)9(6-18-10)12-13-15-16-14-12;;/h3-6H,2H2,1H3,(H,13,14,15,16);;. The van der Waals surface area contributed by atoms with E-state index in [4.69, 9.17) is 4.42 Å². The fourth-order valence-electron chi connectivity index (χ4n) is 1.83. The zero-order valence-electron chi connectivity index (χ0n) is 9.67. The van der Waals surface area contributed by atoms with Crippen molar-refractivity contribution in [1.29, 1.82) is 0 Å². The van der Waals surface area contributed by atoms with Crippen molar-refractivity contribution in [2.45, 2.75) is 13.3 Å². The van der Waals surface area contributed by atoms with Crippen molar-refractivity contribution < 1.29 is 4.42 Å². The Morgan fingerprint density at radius 2 is 2.21 bits per heavy atom. The fraction of sp³-hybridized carbons (Fsp3) is 0.167. The molecule has 0 fully saturated rings. The number of aromatic nitrogens is 4. The number of rotatable bonds is 2. The van der Waals surface area contributed by atoms with E-state index in [2.05, 4.69) is 20.6 Å². The van der Waals surface area contributed by atoms with Crippen LogP contribution in [-0.4, -0.2) is 50.2 Å². The van der Waals surface area contributed by atoms with Crippen LogP contribution >= 0.6 is 0 Å². The number of nitrogens with zero attached hydrogens (tertiary/aromatic N) is 3. The van der Waals surface area contributed by atoms with E-state index in [1.165, 1.54) is 6.26 Å². The SMILES string of the molecule is CCc1ccc2occ(-c3nnn[nH]3)c(=O)c2c1.[NaH]. The van der Waals surface area contributed by atoms with Crippen molar-refractivity contribution in [2.24, 2.45) is 0 Å². The molecule has 0 amide bonds. The monoisotopic (exact) mass is 266 g/mol. The second-order valence-corrected chi connectivity index (χ2v) is 3.91. The van der Waals surface area contributed by atoms with Crippen LogP contribution in [0.5, 0.6) is 0 Å². The number of aromatic amines is 1. The second kappa shape index (κ2) is 5.64. The summed E-state index contributed by atoms with van der Waals surface area (Å²) < 4.78 is 5.43. The molecule has 0 unspecified atom stereocenters. The van der Waals surface area contributed by atoms with Crippen LogP contribution in [0.3, 0.4) is 0 Å². The van der Waals surface area contributed by atoms with Crippen LogP contribution in [0, 0.1) is 0 Å². The van der Waals surface area contributed by atoms with Gasteiger partial charge >= 0.3 is 29.6 Å². The van der Waals surface area contributed by atoms with Crippen LogP contribution in [0.2, 0.25) is 0 Å². The first-order chi connectivity index (χ1) is 8.79. The fourth-order valence-corrected chi connectivity index (χ4v) is 1.83. The van der Waals surface area contributed by atoms with Gasteiger partial charge in [0.15, 0.2) is 5.82 Å². The van der Waals surface area contributed by atoms with E-state index in [1.807, 2.05) is 19.1 Å². The van der Waals surface area contributed by atoms with Gasteiger partial charge < -0.3 is 4.42 Å². The molecule has 3 rings (SSSR count). The summed E-state index contributed by atoms with van der Waals surface area (Å²) in [5.41, 5.74) is 1.85. The Morgan fingerprint density at radius 3 is 2.89 bits per heavy atom. The molecule has 1 aromatic carbocycles. The van der Waals surface area contributed by atoms with Crippen LogP contribution in [-0.2, 0) is 6.42 Å². The Morgan fingerprint density at radius 1 is 1.37 bits per heavy atom. The van der Waals surface area contributed by atoms with Crippen molar-refractivity contribution >= 4 is 40.5 Å². The summed E-state index contributed by atoms with van der Waals surface area (Å²) in [7, 11) is 0. The summed E-state index contributed by atoms with van der Waals surface area (Å²) >= 11 is 0. The number of benzene rings is 1. The molecule has 0 spiro atoms. The molecule has 0 aliphatic rings. The first-order valence-corrected chi connectivity index (χ1v) is 5.58. The van der Waals surface area contributed by atoms with E-state index in [1.54, 1.807) is 6.07 Å². The van der Waals surface area contributed by atoms with E-state index in [-0.39, 0.29) is 35.0 Å². The molecular formula is C12H11N4NaO2. The first-order valence-electron chi connectivity index (χ1n) is 5.58. The van der Waals surface area contributed by atoms with E-state index in [9.17, 15) is 4.79 Å². The Hall–Kier alpha value is -1.50. The summed E-state index contributed by atoms with van der Waals surface area (Å²) in [4.78, 5) is 12.3. The van der Waals surface area contributed by atoms with E-state index < -0.39 is 0 Å². The van der Waals surface area contributed by atoms with E-state index in [0.29, 0.717) is 22.4 Å². The van der Waals surface area contributed by atoms with Gasteiger partial charge in [-0.3, -0.25) is 4.79 Å². The van der Waals surface area contributed by atoms with Crippen molar-refractivity contribution in [2.75, 3.05) is 0 Å². The quantitative estimate of drug-likeness (QED) is 0.696. The summed E-state index contributed by atoms with van der Waals surface area (Å²) in [6.45, 7) is 2.03. The molecule has 0 radical (unpaired) electrons. The molecule has 7 heteroatoms. The van der Waals surface area contributed by atoms with Gasteiger partial charge in [0.25, 0.3) is 0 Å². The third-order valence-corrected chi connectivity index (χ3v) is 2.85. The molecule has 92 valence electrons. The molecule has 0 aliphatic heterocycles. The van der Waals surface area contributed by atoms with Crippen LogP contribution in [0.4, 0.5) is 0 Å². The Balaban J connectivity index is 0.00000133. The van der Waals surface area contributed by atoms with Crippen LogP contribution in [0.1, 0.15) is 12.5 Å². The average molecular weight is 266 g/mol. The Labute approximate surface area is 130 Å². The number of fused-ring (bicyclic) bond motifs is 1. The van der Waals surface area contributed by atoms with Crippen LogP contribution in [0.25, 0.3) is 22.4 Å². The summed E-state index contributed by atoms with van der Waals surface area (Å²) in [6, 6.07) is 5.59. The van der Waals surface area contributed by atoms with Gasteiger partial charge in [0.2, 0.25) is 5.43 Å². The summed E-state index contributed by atoms with van der Waals surface area (Å²) in [5.74, 6) is 0.313. The molecule has 3 aromatic rings. The molecule has 1 N–H and O–H groups in total. The molecule has 0 aliphatic carbocycles. The topological polar surface area (TPSA) is 84.7 Å². The van der Waals surface area contributed by atoms with E-state index in [0.717, 1.165) is 12.0 Å². The third kappa shape index (κ3) is 2.47. The second-order valence-electron chi connectivity index (χ2n) is 3.91.